The van der Waals surface area contributed by atoms with Crippen LogP contribution in [0.15, 0.2) is 72.9 Å². The van der Waals surface area contributed by atoms with Crippen LogP contribution in [0.25, 0.3) is 33.5 Å². The van der Waals surface area contributed by atoms with E-state index in [9.17, 15) is 0 Å². The molecule has 4 aromatic heterocycles. The summed E-state index contributed by atoms with van der Waals surface area (Å²) in [6.45, 7) is 7.21. The Hall–Kier alpha value is -5.09. The van der Waals surface area contributed by atoms with Gasteiger partial charge in [0.1, 0.15) is 5.69 Å². The summed E-state index contributed by atoms with van der Waals surface area (Å²) in [6.07, 6.45) is 1.79. The maximum atomic E-state index is 5.52. The van der Waals surface area contributed by atoms with Gasteiger partial charge in [-0.3, -0.25) is 9.97 Å². The Kier molecular flexibility index (Phi) is 6.36. The minimum absolute atomic E-state index is 0.646. The number of fused-ring (bicyclic) bond motifs is 2. The molecule has 7 rings (SSSR count). The molecule has 1 fully saturated rings. The number of aryl methyl sites for hydroxylation is 2. The van der Waals surface area contributed by atoms with Gasteiger partial charge in [0.15, 0.2) is 11.6 Å². The standard InChI is InChI=1S/C31H29N9O/c1-19-15-22(9-10-32-19)34-21-3-5-26-29(17-21)37-31(36-26)27-7-8-30(39-38-27)35-28-16-20(2)33-25-6-4-23(18-24(25)28)40-11-13-41-14-12-40/h3-10,15-18H,11-14H2,1-2H3,(H,32,34)(H,36,37)(H,33,35,39). The summed E-state index contributed by atoms with van der Waals surface area (Å²) in [5, 5.41) is 16.8. The number of nitrogens with zero attached hydrogens (tertiary/aromatic N) is 6. The third kappa shape index (κ3) is 5.24. The van der Waals surface area contributed by atoms with Crippen molar-refractivity contribution in [1.82, 2.24) is 30.1 Å². The summed E-state index contributed by atoms with van der Waals surface area (Å²) in [5.74, 6) is 1.31. The van der Waals surface area contributed by atoms with Gasteiger partial charge < -0.3 is 25.3 Å². The Bertz CT molecular complexity index is 1860. The molecule has 0 spiro atoms. The van der Waals surface area contributed by atoms with Crippen molar-refractivity contribution in [2.75, 3.05) is 41.8 Å². The number of ether oxygens (including phenoxy) is 1. The van der Waals surface area contributed by atoms with Crippen LogP contribution in [0.5, 0.6) is 0 Å². The average Bonchev–Trinajstić information content (AvgIpc) is 3.41. The number of morpholine rings is 1. The van der Waals surface area contributed by atoms with Crippen LogP contribution in [0, 0.1) is 13.8 Å². The van der Waals surface area contributed by atoms with Crippen LogP contribution in [0.4, 0.5) is 28.6 Å². The summed E-state index contributed by atoms with van der Waals surface area (Å²) < 4.78 is 5.52. The van der Waals surface area contributed by atoms with E-state index in [-0.39, 0.29) is 0 Å². The van der Waals surface area contributed by atoms with Crippen molar-refractivity contribution >= 4 is 50.5 Å². The van der Waals surface area contributed by atoms with Gasteiger partial charge in [-0.25, -0.2) is 4.98 Å². The minimum atomic E-state index is 0.646. The first kappa shape index (κ1) is 24.9. The van der Waals surface area contributed by atoms with Crippen molar-refractivity contribution in [2.45, 2.75) is 13.8 Å². The van der Waals surface area contributed by atoms with Crippen molar-refractivity contribution in [2.24, 2.45) is 0 Å². The highest BCUT2D eigenvalue weighted by molar-refractivity contribution is 5.95. The molecule has 6 aromatic rings. The van der Waals surface area contributed by atoms with Crippen LogP contribution in [-0.4, -0.2) is 56.4 Å². The summed E-state index contributed by atoms with van der Waals surface area (Å²) in [6, 6.07) is 22.3. The Morgan fingerprint density at radius 3 is 2.49 bits per heavy atom. The Morgan fingerprint density at radius 1 is 0.780 bits per heavy atom. The van der Waals surface area contributed by atoms with Gasteiger partial charge in [0.05, 0.1) is 35.5 Å². The van der Waals surface area contributed by atoms with Crippen molar-refractivity contribution in [3.05, 3.63) is 84.3 Å². The molecule has 0 atom stereocenters. The van der Waals surface area contributed by atoms with Gasteiger partial charge in [-0.05, 0) is 80.6 Å². The summed E-state index contributed by atoms with van der Waals surface area (Å²) in [5.41, 5.74) is 9.29. The van der Waals surface area contributed by atoms with E-state index in [1.807, 2.05) is 62.4 Å². The van der Waals surface area contributed by atoms with Crippen LogP contribution in [0.3, 0.4) is 0 Å². The molecule has 0 radical (unpaired) electrons. The fourth-order valence-electron chi connectivity index (χ4n) is 5.13. The number of H-pyrrole nitrogens is 1. The average molecular weight is 544 g/mol. The van der Waals surface area contributed by atoms with Crippen molar-refractivity contribution in [3.63, 3.8) is 0 Å². The number of benzene rings is 2. The van der Waals surface area contributed by atoms with E-state index in [1.54, 1.807) is 6.20 Å². The Morgan fingerprint density at radius 2 is 1.66 bits per heavy atom. The second-order valence-corrected chi connectivity index (χ2v) is 10.2. The highest BCUT2D eigenvalue weighted by Gasteiger charge is 2.14. The van der Waals surface area contributed by atoms with Crippen molar-refractivity contribution in [1.29, 1.82) is 0 Å². The van der Waals surface area contributed by atoms with E-state index < -0.39 is 0 Å². The molecular weight excluding hydrogens is 514 g/mol. The highest BCUT2D eigenvalue weighted by Crippen LogP contribution is 2.30. The molecule has 5 heterocycles. The van der Waals surface area contributed by atoms with Crippen molar-refractivity contribution < 1.29 is 4.74 Å². The largest absolute Gasteiger partial charge is 0.378 e. The number of hydrogen-bond donors (Lipinski definition) is 3. The molecule has 3 N–H and O–H groups in total. The molecule has 1 saturated heterocycles. The first-order valence-electron chi connectivity index (χ1n) is 13.6. The number of anilines is 5. The lowest BCUT2D eigenvalue weighted by molar-refractivity contribution is 0.122. The molecular formula is C31H29N9O. The van der Waals surface area contributed by atoms with E-state index in [0.717, 1.165) is 82.4 Å². The van der Waals surface area contributed by atoms with Crippen LogP contribution < -0.4 is 15.5 Å². The zero-order valence-electron chi connectivity index (χ0n) is 22.8. The van der Waals surface area contributed by atoms with Crippen molar-refractivity contribution in [3.8, 4) is 11.5 Å². The predicted octanol–water partition coefficient (Wildman–Crippen LogP) is 5.90. The van der Waals surface area contributed by atoms with Crippen LogP contribution in [0.2, 0.25) is 0 Å². The lowest BCUT2D eigenvalue weighted by Gasteiger charge is -2.29. The van der Waals surface area contributed by atoms with Crippen LogP contribution >= 0.6 is 0 Å². The number of hydrogen-bond acceptors (Lipinski definition) is 9. The molecule has 1 aliphatic heterocycles. The third-order valence-electron chi connectivity index (χ3n) is 7.13. The number of imidazole rings is 1. The summed E-state index contributed by atoms with van der Waals surface area (Å²) in [7, 11) is 0. The van der Waals surface area contributed by atoms with Gasteiger partial charge >= 0.3 is 0 Å². The first-order valence-corrected chi connectivity index (χ1v) is 13.6. The van der Waals surface area contributed by atoms with Crippen LogP contribution in [0.1, 0.15) is 11.4 Å². The monoisotopic (exact) mass is 543 g/mol. The van der Waals surface area contributed by atoms with Gasteiger partial charge in [-0.15, -0.1) is 10.2 Å². The van der Waals surface area contributed by atoms with Gasteiger partial charge in [-0.2, -0.15) is 0 Å². The quantitative estimate of drug-likeness (QED) is 0.236. The zero-order chi connectivity index (χ0) is 27.8. The van der Waals surface area contributed by atoms with Crippen LogP contribution in [-0.2, 0) is 4.74 Å². The normalized spacial score (nSPS) is 13.6. The molecule has 204 valence electrons. The topological polar surface area (TPSA) is 117 Å². The van der Waals surface area contributed by atoms with E-state index >= 15 is 0 Å². The van der Waals surface area contributed by atoms with Gasteiger partial charge in [0.2, 0.25) is 0 Å². The Balaban J connectivity index is 1.13. The van der Waals surface area contributed by atoms with E-state index in [2.05, 4.69) is 53.9 Å². The SMILES string of the molecule is Cc1cc(Nc2ccc3[nH]c(-c4ccc(Nc5cc(C)nc6ccc(N7CCOCC7)cc56)nn4)nc3c2)ccn1. The lowest BCUT2D eigenvalue weighted by atomic mass is 10.1. The van der Waals surface area contributed by atoms with Gasteiger partial charge in [0, 0.05) is 53.1 Å². The molecule has 10 heteroatoms. The number of pyridine rings is 2. The fraction of sp³-hybridized carbons (Fsp3) is 0.194. The molecule has 0 aliphatic carbocycles. The fourth-order valence-corrected chi connectivity index (χ4v) is 5.13. The zero-order valence-corrected chi connectivity index (χ0v) is 22.8. The predicted molar refractivity (Wildman–Crippen MR) is 162 cm³/mol. The number of nitrogens with one attached hydrogen (secondary N) is 3. The number of aromatic nitrogens is 6. The molecule has 2 aromatic carbocycles. The summed E-state index contributed by atoms with van der Waals surface area (Å²) >= 11 is 0. The van der Waals surface area contributed by atoms with Gasteiger partial charge in [0.25, 0.3) is 0 Å². The summed E-state index contributed by atoms with van der Waals surface area (Å²) in [4.78, 5) is 19.5. The Labute approximate surface area is 236 Å². The van der Waals surface area contributed by atoms with E-state index in [4.69, 9.17) is 14.7 Å². The molecule has 0 amide bonds. The molecule has 0 bridgehead atoms. The minimum Gasteiger partial charge on any atom is -0.378 e. The maximum Gasteiger partial charge on any atom is 0.159 e. The van der Waals surface area contributed by atoms with Gasteiger partial charge in [-0.1, -0.05) is 0 Å². The second-order valence-electron chi connectivity index (χ2n) is 10.2. The smallest absolute Gasteiger partial charge is 0.159 e. The second kappa shape index (κ2) is 10.5. The highest BCUT2D eigenvalue weighted by atomic mass is 16.5. The number of rotatable bonds is 6. The molecule has 10 nitrogen and oxygen atoms in total. The molecule has 41 heavy (non-hydrogen) atoms. The maximum absolute atomic E-state index is 5.52. The first-order chi connectivity index (χ1) is 20.1. The van der Waals surface area contributed by atoms with E-state index in [0.29, 0.717) is 17.3 Å². The lowest BCUT2D eigenvalue weighted by Crippen LogP contribution is -2.36. The molecule has 1 aliphatic rings. The number of aromatic amines is 1. The van der Waals surface area contributed by atoms with E-state index in [1.165, 1.54) is 0 Å². The third-order valence-corrected chi connectivity index (χ3v) is 7.13. The molecule has 0 unspecified atom stereocenters. The molecule has 0 saturated carbocycles.